The Balaban J connectivity index is 0.000000102. The van der Waals surface area contributed by atoms with Crippen molar-refractivity contribution in [2.24, 2.45) is 0 Å². The van der Waals surface area contributed by atoms with E-state index < -0.39 is 0 Å². The number of hydrogen-bond acceptors (Lipinski definition) is 2. The van der Waals surface area contributed by atoms with Crippen molar-refractivity contribution >= 4 is 0 Å². The van der Waals surface area contributed by atoms with E-state index in [1.54, 1.807) is 12.4 Å². The van der Waals surface area contributed by atoms with Crippen molar-refractivity contribution in [2.75, 3.05) is 0 Å². The van der Waals surface area contributed by atoms with Gasteiger partial charge in [-0.1, -0.05) is 6.07 Å². The summed E-state index contributed by atoms with van der Waals surface area (Å²) in [4.78, 5) is 7.75. The lowest BCUT2D eigenvalue weighted by Gasteiger charge is -2.15. The molecule has 2 heterocycles. The molecular weight excluding hydrogens is 160 g/mol. The highest BCUT2D eigenvalue weighted by molar-refractivity contribution is 5.74. The number of aryl methyl sites for hydroxylation is 1. The van der Waals surface area contributed by atoms with E-state index in [0.717, 1.165) is 0 Å². The van der Waals surface area contributed by atoms with E-state index in [-0.39, 0.29) is 0 Å². The summed E-state index contributed by atoms with van der Waals surface area (Å²) in [6.07, 6.45) is 5.41. The van der Waals surface area contributed by atoms with Crippen molar-refractivity contribution < 1.29 is 0 Å². The maximum Gasteiger partial charge on any atom is 0.0723 e. The second-order valence-electron chi connectivity index (χ2n) is 2.91. The molecule has 0 spiro atoms. The molecule has 2 aliphatic rings. The van der Waals surface area contributed by atoms with E-state index in [2.05, 4.69) is 23.0 Å². The average Bonchev–Trinajstić information content (AvgIpc) is 2.17. The van der Waals surface area contributed by atoms with Crippen molar-refractivity contribution in [3.05, 3.63) is 48.4 Å². The van der Waals surface area contributed by atoms with Crippen LogP contribution in [-0.4, -0.2) is 9.97 Å². The van der Waals surface area contributed by atoms with Crippen molar-refractivity contribution in [1.29, 1.82) is 0 Å². The standard InChI is InChI=1S/C6H5N.C5H5N/c1-4-2-6-5(4)3-7-6;1-2-4-6-5-3-1/h2-3H,1H3;1-5H. The molecule has 2 nitrogen and oxygen atoms in total. The van der Waals surface area contributed by atoms with Crippen LogP contribution in [0.25, 0.3) is 11.3 Å². The number of pyridine rings is 2. The van der Waals surface area contributed by atoms with Crippen LogP contribution in [-0.2, 0) is 0 Å². The molecule has 3 rings (SSSR count). The van der Waals surface area contributed by atoms with Gasteiger partial charge in [0.05, 0.1) is 5.69 Å². The van der Waals surface area contributed by atoms with Gasteiger partial charge in [-0.05, 0) is 30.7 Å². The SMILES string of the molecule is Cc1cc2ncc1-2.c1ccncc1. The molecular formula is C11H10N2. The molecule has 0 radical (unpaired) electrons. The minimum atomic E-state index is 1.19. The molecule has 0 unspecified atom stereocenters. The minimum absolute atomic E-state index is 1.19. The van der Waals surface area contributed by atoms with Crippen LogP contribution >= 0.6 is 0 Å². The fourth-order valence-electron chi connectivity index (χ4n) is 1.14. The van der Waals surface area contributed by atoms with Gasteiger partial charge in [-0.25, -0.2) is 0 Å². The van der Waals surface area contributed by atoms with Gasteiger partial charge < -0.3 is 0 Å². The fourth-order valence-corrected chi connectivity index (χ4v) is 1.14. The van der Waals surface area contributed by atoms with Crippen molar-refractivity contribution in [3.63, 3.8) is 0 Å². The molecule has 0 saturated heterocycles. The van der Waals surface area contributed by atoms with Crippen LogP contribution in [0, 0.1) is 6.92 Å². The Morgan fingerprint density at radius 2 is 1.85 bits per heavy atom. The van der Waals surface area contributed by atoms with Gasteiger partial charge in [-0.2, -0.15) is 0 Å². The summed E-state index contributed by atoms with van der Waals surface area (Å²) in [6, 6.07) is 7.81. The highest BCUT2D eigenvalue weighted by Gasteiger charge is 2.13. The fraction of sp³-hybridized carbons (Fsp3) is 0.0909. The van der Waals surface area contributed by atoms with Crippen LogP contribution in [0.5, 0.6) is 0 Å². The van der Waals surface area contributed by atoms with E-state index in [1.807, 2.05) is 24.4 Å². The highest BCUT2D eigenvalue weighted by Crippen LogP contribution is 2.31. The Hall–Kier alpha value is -1.70. The van der Waals surface area contributed by atoms with Gasteiger partial charge in [-0.15, -0.1) is 0 Å². The molecule has 0 bridgehead atoms. The molecule has 64 valence electrons. The molecule has 0 aromatic carbocycles. The van der Waals surface area contributed by atoms with Crippen molar-refractivity contribution in [2.45, 2.75) is 6.92 Å². The first-order chi connectivity index (χ1) is 6.38. The first-order valence-electron chi connectivity index (χ1n) is 4.20. The number of hydrogen-bond donors (Lipinski definition) is 0. The predicted molar refractivity (Wildman–Crippen MR) is 52.2 cm³/mol. The Bertz CT molecular complexity index is 369. The first kappa shape index (κ1) is 7.92. The first-order valence-corrected chi connectivity index (χ1v) is 4.20. The van der Waals surface area contributed by atoms with Crippen molar-refractivity contribution in [1.82, 2.24) is 9.97 Å². The van der Waals surface area contributed by atoms with E-state index >= 15 is 0 Å². The lowest BCUT2D eigenvalue weighted by Crippen LogP contribution is -1.99. The molecule has 1 aliphatic carbocycles. The number of rotatable bonds is 0. The third-order valence-electron chi connectivity index (χ3n) is 1.95. The van der Waals surface area contributed by atoms with Crippen molar-refractivity contribution in [3.8, 4) is 11.3 Å². The molecule has 1 aromatic heterocycles. The second kappa shape index (κ2) is 3.35. The highest BCUT2D eigenvalue weighted by atomic mass is 14.7. The van der Waals surface area contributed by atoms with Crippen LogP contribution in [0.1, 0.15) is 5.56 Å². The maximum atomic E-state index is 3.97. The largest absolute Gasteiger partial charge is 0.265 e. The predicted octanol–water partition coefficient (Wildman–Crippen LogP) is 2.45. The molecule has 0 atom stereocenters. The summed E-state index contributed by atoms with van der Waals surface area (Å²) in [5.41, 5.74) is 3.93. The summed E-state index contributed by atoms with van der Waals surface area (Å²) < 4.78 is 0. The molecule has 0 N–H and O–H groups in total. The van der Waals surface area contributed by atoms with Crippen LogP contribution < -0.4 is 0 Å². The van der Waals surface area contributed by atoms with Crippen LogP contribution in [0.4, 0.5) is 0 Å². The number of aromatic nitrogens is 2. The molecule has 0 fully saturated rings. The van der Waals surface area contributed by atoms with Crippen LogP contribution in [0.2, 0.25) is 0 Å². The summed E-state index contributed by atoms with van der Waals surface area (Å²) in [7, 11) is 0. The Morgan fingerprint density at radius 1 is 1.08 bits per heavy atom. The molecule has 0 amide bonds. The quantitative estimate of drug-likeness (QED) is 0.518. The third kappa shape index (κ3) is 1.56. The van der Waals surface area contributed by atoms with Gasteiger partial charge in [0.2, 0.25) is 0 Å². The zero-order valence-electron chi connectivity index (χ0n) is 7.44. The molecule has 0 saturated carbocycles. The van der Waals surface area contributed by atoms with Gasteiger partial charge in [0.25, 0.3) is 0 Å². The van der Waals surface area contributed by atoms with E-state index in [0.29, 0.717) is 0 Å². The van der Waals surface area contributed by atoms with Gasteiger partial charge in [0, 0.05) is 24.2 Å². The monoisotopic (exact) mass is 170 g/mol. The zero-order chi connectivity index (χ0) is 9.10. The average molecular weight is 170 g/mol. The Morgan fingerprint density at radius 3 is 1.92 bits per heavy atom. The number of nitrogens with zero attached hydrogens (tertiary/aromatic N) is 2. The lowest BCUT2D eigenvalue weighted by atomic mass is 9.97. The molecule has 1 aromatic rings. The zero-order valence-corrected chi connectivity index (χ0v) is 7.44. The smallest absolute Gasteiger partial charge is 0.0723 e. The molecule has 2 heteroatoms. The second-order valence-corrected chi connectivity index (χ2v) is 2.91. The molecule has 1 aliphatic heterocycles. The van der Waals surface area contributed by atoms with E-state index in [9.17, 15) is 0 Å². The summed E-state index contributed by atoms with van der Waals surface area (Å²) in [6.45, 7) is 2.10. The van der Waals surface area contributed by atoms with E-state index in [4.69, 9.17) is 0 Å². The van der Waals surface area contributed by atoms with E-state index in [1.165, 1.54) is 16.8 Å². The Labute approximate surface area is 77.3 Å². The van der Waals surface area contributed by atoms with Gasteiger partial charge >= 0.3 is 0 Å². The lowest BCUT2D eigenvalue weighted by molar-refractivity contribution is 1.19. The normalized spacial score (nSPS) is 9.92. The number of fused-ring (bicyclic) bond motifs is 1. The Kier molecular flexibility index (Phi) is 2.04. The van der Waals surface area contributed by atoms with Crippen LogP contribution in [0.15, 0.2) is 42.9 Å². The van der Waals surface area contributed by atoms with Gasteiger partial charge in [-0.3, -0.25) is 9.97 Å². The molecule has 13 heavy (non-hydrogen) atoms. The summed E-state index contributed by atoms with van der Waals surface area (Å²) in [5.74, 6) is 0. The summed E-state index contributed by atoms with van der Waals surface area (Å²) >= 11 is 0. The maximum absolute atomic E-state index is 3.97. The van der Waals surface area contributed by atoms with Gasteiger partial charge in [0.1, 0.15) is 0 Å². The van der Waals surface area contributed by atoms with Gasteiger partial charge in [0.15, 0.2) is 0 Å². The summed E-state index contributed by atoms with van der Waals surface area (Å²) in [5, 5.41) is 0. The van der Waals surface area contributed by atoms with Crippen LogP contribution in [0.3, 0.4) is 0 Å². The topological polar surface area (TPSA) is 25.8 Å². The minimum Gasteiger partial charge on any atom is -0.265 e. The third-order valence-corrected chi connectivity index (χ3v) is 1.95.